The van der Waals surface area contributed by atoms with E-state index in [2.05, 4.69) is 20.8 Å². The van der Waals surface area contributed by atoms with Crippen LogP contribution in [0.25, 0.3) is 0 Å². The Hall–Kier alpha value is -1.09. The first-order chi connectivity index (χ1) is 8.14. The Morgan fingerprint density at radius 3 is 2.61 bits per heavy atom. The van der Waals surface area contributed by atoms with Gasteiger partial charge in [-0.15, -0.1) is 0 Å². The molecule has 0 fully saturated rings. The zero-order chi connectivity index (χ0) is 14.0. The van der Waals surface area contributed by atoms with Gasteiger partial charge in [-0.2, -0.15) is 0 Å². The average molecular weight is 252 g/mol. The third-order valence-electron chi connectivity index (χ3n) is 3.66. The Kier molecular flexibility index (Phi) is 4.38. The first kappa shape index (κ1) is 15.0. The molecule has 0 spiro atoms. The molecule has 2 N–H and O–H groups in total. The number of aliphatic carboxylic acids is 1. The molecule has 1 unspecified atom stereocenters. The maximum atomic E-state index is 10.7. The van der Waals surface area contributed by atoms with Crippen LogP contribution in [0, 0.1) is 5.41 Å². The number of allylic oxidation sites excluding steroid dienone is 3. The minimum atomic E-state index is -1.29. The molecular formula is C15H24O3. The summed E-state index contributed by atoms with van der Waals surface area (Å²) in [5, 5.41) is 18.7. The van der Waals surface area contributed by atoms with E-state index in [0.717, 1.165) is 12.8 Å². The topological polar surface area (TPSA) is 57.5 Å². The van der Waals surface area contributed by atoms with Crippen LogP contribution in [0.2, 0.25) is 0 Å². The van der Waals surface area contributed by atoms with E-state index in [9.17, 15) is 9.90 Å². The van der Waals surface area contributed by atoms with E-state index in [1.54, 1.807) is 6.08 Å². The molecule has 1 aliphatic rings. The lowest BCUT2D eigenvalue weighted by atomic mass is 9.72. The second-order valence-electron chi connectivity index (χ2n) is 6.19. The number of aliphatic hydroxyl groups is 1. The molecule has 0 aromatic rings. The minimum Gasteiger partial charge on any atom is -0.481 e. The van der Waals surface area contributed by atoms with Gasteiger partial charge in [-0.3, -0.25) is 4.79 Å². The van der Waals surface area contributed by atoms with E-state index in [1.165, 1.54) is 24.5 Å². The third kappa shape index (κ3) is 3.98. The second-order valence-corrected chi connectivity index (χ2v) is 6.19. The summed E-state index contributed by atoms with van der Waals surface area (Å²) in [6, 6.07) is 0. The van der Waals surface area contributed by atoms with Crippen molar-refractivity contribution in [3.05, 3.63) is 23.3 Å². The molecule has 1 atom stereocenters. The molecule has 1 aliphatic carbocycles. The lowest BCUT2D eigenvalue weighted by Gasteiger charge is -2.33. The summed E-state index contributed by atoms with van der Waals surface area (Å²) in [7, 11) is 0. The van der Waals surface area contributed by atoms with Crippen LogP contribution < -0.4 is 0 Å². The van der Waals surface area contributed by atoms with E-state index in [-0.39, 0.29) is 11.8 Å². The summed E-state index contributed by atoms with van der Waals surface area (Å²) in [6.07, 6.45) is 6.68. The number of carboxylic acid groups (broad SMARTS) is 1. The zero-order valence-electron chi connectivity index (χ0n) is 11.8. The lowest BCUT2D eigenvalue weighted by molar-refractivity contribution is -0.140. The molecule has 3 heteroatoms. The molecule has 0 bridgehead atoms. The fourth-order valence-electron chi connectivity index (χ4n) is 2.64. The summed E-state index contributed by atoms with van der Waals surface area (Å²) in [5.41, 5.74) is 1.40. The van der Waals surface area contributed by atoms with Gasteiger partial charge in [0, 0.05) is 0 Å². The molecular weight excluding hydrogens is 228 g/mol. The Labute approximate surface area is 109 Å². The van der Waals surface area contributed by atoms with Gasteiger partial charge in [-0.05, 0) is 44.1 Å². The number of rotatable bonds is 4. The fraction of sp³-hybridized carbons (Fsp3) is 0.667. The van der Waals surface area contributed by atoms with Gasteiger partial charge in [0.1, 0.15) is 0 Å². The van der Waals surface area contributed by atoms with Gasteiger partial charge in [-0.25, -0.2) is 0 Å². The molecule has 1 rings (SSSR count). The van der Waals surface area contributed by atoms with Crippen molar-refractivity contribution in [2.24, 2.45) is 5.41 Å². The maximum absolute atomic E-state index is 10.7. The molecule has 0 heterocycles. The lowest BCUT2D eigenvalue weighted by Crippen LogP contribution is -2.26. The predicted molar refractivity (Wildman–Crippen MR) is 72.3 cm³/mol. The van der Waals surface area contributed by atoms with Crippen LogP contribution in [-0.2, 0) is 4.79 Å². The molecule has 102 valence electrons. The Balaban J connectivity index is 2.91. The molecule has 0 aromatic heterocycles. The third-order valence-corrected chi connectivity index (χ3v) is 3.66. The highest BCUT2D eigenvalue weighted by molar-refractivity contribution is 5.68. The highest BCUT2D eigenvalue weighted by atomic mass is 16.4. The maximum Gasteiger partial charge on any atom is 0.306 e. The van der Waals surface area contributed by atoms with Crippen molar-refractivity contribution in [2.45, 2.75) is 59.0 Å². The molecule has 0 aromatic carbocycles. The predicted octanol–water partition coefficient (Wildman–Crippen LogP) is 3.29. The van der Waals surface area contributed by atoms with Crippen molar-refractivity contribution in [1.82, 2.24) is 0 Å². The first-order valence-corrected chi connectivity index (χ1v) is 6.48. The Morgan fingerprint density at radius 1 is 1.50 bits per heavy atom. The summed E-state index contributed by atoms with van der Waals surface area (Å²) in [5.74, 6) is -0.988. The van der Waals surface area contributed by atoms with Crippen molar-refractivity contribution >= 4 is 5.97 Å². The molecule has 3 nitrogen and oxygen atoms in total. The molecule has 18 heavy (non-hydrogen) atoms. The second kappa shape index (κ2) is 5.27. The van der Waals surface area contributed by atoms with Crippen LogP contribution in [0.4, 0.5) is 0 Å². The summed E-state index contributed by atoms with van der Waals surface area (Å²) in [4.78, 5) is 10.7. The van der Waals surface area contributed by atoms with E-state index in [1.807, 2.05) is 6.08 Å². The molecule has 0 radical (unpaired) electrons. The van der Waals surface area contributed by atoms with Gasteiger partial charge < -0.3 is 10.2 Å². The van der Waals surface area contributed by atoms with Gasteiger partial charge in [-0.1, -0.05) is 31.6 Å². The van der Waals surface area contributed by atoms with Crippen LogP contribution in [0.1, 0.15) is 53.4 Å². The van der Waals surface area contributed by atoms with Crippen molar-refractivity contribution in [3.63, 3.8) is 0 Å². The Bertz CT molecular complexity index is 387. The van der Waals surface area contributed by atoms with Crippen molar-refractivity contribution in [1.29, 1.82) is 0 Å². The summed E-state index contributed by atoms with van der Waals surface area (Å²) >= 11 is 0. The largest absolute Gasteiger partial charge is 0.481 e. The van der Waals surface area contributed by atoms with Crippen molar-refractivity contribution in [3.8, 4) is 0 Å². The van der Waals surface area contributed by atoms with Crippen LogP contribution in [0.15, 0.2) is 23.3 Å². The molecule has 0 amide bonds. The fourth-order valence-corrected chi connectivity index (χ4v) is 2.64. The quantitative estimate of drug-likeness (QED) is 0.807. The monoisotopic (exact) mass is 252 g/mol. The van der Waals surface area contributed by atoms with Gasteiger partial charge in [0.05, 0.1) is 12.0 Å². The summed E-state index contributed by atoms with van der Waals surface area (Å²) in [6.45, 7) is 8.04. The van der Waals surface area contributed by atoms with E-state index < -0.39 is 11.6 Å². The van der Waals surface area contributed by atoms with Gasteiger partial charge in [0.25, 0.3) is 0 Å². The number of carbonyl (C=O) groups is 1. The van der Waals surface area contributed by atoms with Crippen molar-refractivity contribution in [2.75, 3.05) is 0 Å². The average Bonchev–Trinajstić information content (AvgIpc) is 2.13. The smallest absolute Gasteiger partial charge is 0.306 e. The molecule has 0 aliphatic heterocycles. The van der Waals surface area contributed by atoms with Gasteiger partial charge >= 0.3 is 5.97 Å². The van der Waals surface area contributed by atoms with Crippen LogP contribution in [-0.4, -0.2) is 21.8 Å². The standard InChI is InChI=1S/C15H24O3/c1-11-6-5-8-14(2,3)12(11)7-9-15(4,18)10-13(16)17/h7,9,18H,5-6,8,10H2,1-4H3,(H,16,17)/b9-7+. The SMILES string of the molecule is CC1=C(/C=C/C(C)(O)CC(=O)O)C(C)(C)CCC1. The van der Waals surface area contributed by atoms with Crippen LogP contribution in [0.5, 0.6) is 0 Å². The highest BCUT2D eigenvalue weighted by Crippen LogP contribution is 2.40. The number of hydrogen-bond donors (Lipinski definition) is 2. The summed E-state index contributed by atoms with van der Waals surface area (Å²) < 4.78 is 0. The Morgan fingerprint density at radius 2 is 2.11 bits per heavy atom. The van der Waals surface area contributed by atoms with E-state index in [4.69, 9.17) is 5.11 Å². The van der Waals surface area contributed by atoms with Crippen LogP contribution in [0.3, 0.4) is 0 Å². The zero-order valence-corrected chi connectivity index (χ0v) is 11.8. The normalized spacial score (nSPS) is 23.2. The minimum absolute atomic E-state index is 0.109. The van der Waals surface area contributed by atoms with E-state index >= 15 is 0 Å². The number of hydrogen-bond acceptors (Lipinski definition) is 2. The highest BCUT2D eigenvalue weighted by Gasteiger charge is 2.28. The van der Waals surface area contributed by atoms with E-state index in [0.29, 0.717) is 0 Å². The first-order valence-electron chi connectivity index (χ1n) is 6.48. The molecule has 0 saturated carbocycles. The number of carboxylic acids is 1. The van der Waals surface area contributed by atoms with Gasteiger partial charge in [0.2, 0.25) is 0 Å². The molecule has 0 saturated heterocycles. The van der Waals surface area contributed by atoms with Crippen LogP contribution >= 0.6 is 0 Å². The van der Waals surface area contributed by atoms with Crippen molar-refractivity contribution < 1.29 is 15.0 Å². The van der Waals surface area contributed by atoms with Gasteiger partial charge in [0.15, 0.2) is 0 Å².